The molecule has 0 spiro atoms. The molecule has 0 aromatic carbocycles. The van der Waals surface area contributed by atoms with Crippen molar-refractivity contribution in [1.29, 1.82) is 0 Å². The molecule has 1 aliphatic heterocycles. The molecule has 4 nitrogen and oxygen atoms in total. The van der Waals surface area contributed by atoms with E-state index >= 15 is 0 Å². The van der Waals surface area contributed by atoms with Crippen molar-refractivity contribution >= 4 is 6.09 Å². The van der Waals surface area contributed by atoms with E-state index in [4.69, 9.17) is 5.11 Å². The van der Waals surface area contributed by atoms with Gasteiger partial charge < -0.3 is 15.1 Å². The Labute approximate surface area is 90.9 Å². The Morgan fingerprint density at radius 2 is 1.87 bits per heavy atom. The number of amides is 1. The molecule has 1 amide bonds. The summed E-state index contributed by atoms with van der Waals surface area (Å²) in [5, 5.41) is 19.0. The molecule has 1 aliphatic rings. The molecule has 0 bridgehead atoms. The molecule has 2 N–H and O–H groups in total. The Kier molecular flexibility index (Phi) is 2.76. The van der Waals surface area contributed by atoms with Crippen molar-refractivity contribution in [1.82, 2.24) is 4.90 Å². The van der Waals surface area contributed by atoms with E-state index in [1.165, 1.54) is 4.90 Å². The van der Waals surface area contributed by atoms with Gasteiger partial charge in [-0.1, -0.05) is 34.6 Å². The molecular weight excluding hydrogens is 194 g/mol. The van der Waals surface area contributed by atoms with Crippen LogP contribution in [0.25, 0.3) is 0 Å². The van der Waals surface area contributed by atoms with Crippen LogP contribution >= 0.6 is 0 Å². The maximum atomic E-state index is 11.1. The van der Waals surface area contributed by atoms with Crippen molar-refractivity contribution in [3.8, 4) is 0 Å². The van der Waals surface area contributed by atoms with Crippen LogP contribution in [0.5, 0.6) is 0 Å². The Balaban J connectivity index is 3.10. The van der Waals surface area contributed by atoms with Gasteiger partial charge in [0.2, 0.25) is 0 Å². The highest BCUT2D eigenvalue weighted by Gasteiger charge is 2.53. The van der Waals surface area contributed by atoms with Crippen LogP contribution in [0.2, 0.25) is 0 Å². The third-order valence-corrected chi connectivity index (χ3v) is 3.31. The van der Waals surface area contributed by atoms with Crippen molar-refractivity contribution in [2.24, 2.45) is 10.8 Å². The van der Waals surface area contributed by atoms with Crippen LogP contribution in [0.4, 0.5) is 4.79 Å². The fraction of sp³-hybridized carbons (Fsp3) is 0.909. The molecule has 88 valence electrons. The number of aliphatic hydroxyl groups excluding tert-OH is 1. The zero-order valence-corrected chi connectivity index (χ0v) is 10.1. The van der Waals surface area contributed by atoms with Gasteiger partial charge >= 0.3 is 6.09 Å². The maximum absolute atomic E-state index is 11.1. The molecule has 0 saturated carbocycles. The summed E-state index contributed by atoms with van der Waals surface area (Å²) in [6.45, 7) is 10.1. The van der Waals surface area contributed by atoms with Gasteiger partial charge in [0.05, 0.1) is 12.6 Å². The smallest absolute Gasteiger partial charge is 0.407 e. The van der Waals surface area contributed by atoms with E-state index in [1.54, 1.807) is 0 Å². The average Bonchev–Trinajstić information content (AvgIpc) is 2.21. The molecule has 1 saturated heterocycles. The highest BCUT2D eigenvalue weighted by atomic mass is 16.4. The summed E-state index contributed by atoms with van der Waals surface area (Å²) in [6, 6.07) is -0.155. The number of carboxylic acid groups (broad SMARTS) is 1. The Morgan fingerprint density at radius 3 is 2.13 bits per heavy atom. The van der Waals surface area contributed by atoms with Crippen LogP contribution in [0.3, 0.4) is 0 Å². The first-order valence-electron chi connectivity index (χ1n) is 5.26. The molecule has 0 aromatic rings. The molecule has 1 fully saturated rings. The van der Waals surface area contributed by atoms with Crippen molar-refractivity contribution in [3.63, 3.8) is 0 Å². The number of carbonyl (C=O) groups is 1. The Hall–Kier alpha value is -0.770. The lowest BCUT2D eigenvalue weighted by Crippen LogP contribution is -2.49. The summed E-state index contributed by atoms with van der Waals surface area (Å²) < 4.78 is 0. The van der Waals surface area contributed by atoms with Gasteiger partial charge in [-0.2, -0.15) is 0 Å². The van der Waals surface area contributed by atoms with Crippen molar-refractivity contribution in [3.05, 3.63) is 0 Å². The topological polar surface area (TPSA) is 60.8 Å². The van der Waals surface area contributed by atoms with Crippen LogP contribution in [0, 0.1) is 10.8 Å². The standard InChI is InChI=1S/C11H21NO3/c1-10(2,3)8-11(4,5)7(13)6-12(8)9(14)15/h7-8,13H,6H2,1-5H3,(H,14,15). The highest BCUT2D eigenvalue weighted by Crippen LogP contribution is 2.45. The van der Waals surface area contributed by atoms with Gasteiger partial charge in [0.1, 0.15) is 0 Å². The lowest BCUT2D eigenvalue weighted by atomic mass is 9.70. The fourth-order valence-electron chi connectivity index (χ4n) is 2.88. The first kappa shape index (κ1) is 12.3. The Bertz CT molecular complexity index is 267. The first-order chi connectivity index (χ1) is 6.58. The Morgan fingerprint density at radius 1 is 1.40 bits per heavy atom. The van der Waals surface area contributed by atoms with Gasteiger partial charge in [0.15, 0.2) is 0 Å². The molecule has 1 heterocycles. The van der Waals surface area contributed by atoms with Crippen molar-refractivity contribution < 1.29 is 15.0 Å². The maximum Gasteiger partial charge on any atom is 0.407 e. The van der Waals surface area contributed by atoms with Gasteiger partial charge in [-0.15, -0.1) is 0 Å². The second-order valence-electron chi connectivity index (χ2n) is 6.04. The van der Waals surface area contributed by atoms with Gasteiger partial charge in [-0.25, -0.2) is 4.79 Å². The molecule has 0 aliphatic carbocycles. The molecule has 2 atom stereocenters. The number of hydrogen-bond donors (Lipinski definition) is 2. The summed E-state index contributed by atoms with van der Waals surface area (Å²) in [5.41, 5.74) is -0.560. The summed E-state index contributed by atoms with van der Waals surface area (Å²) >= 11 is 0. The minimum absolute atomic E-state index is 0.155. The zero-order valence-electron chi connectivity index (χ0n) is 10.1. The fourth-order valence-corrected chi connectivity index (χ4v) is 2.88. The second-order valence-corrected chi connectivity index (χ2v) is 6.04. The molecule has 4 heteroatoms. The summed E-state index contributed by atoms with van der Waals surface area (Å²) in [5.74, 6) is 0. The number of hydrogen-bond acceptors (Lipinski definition) is 2. The summed E-state index contributed by atoms with van der Waals surface area (Å²) in [6.07, 6.45) is -1.53. The van der Waals surface area contributed by atoms with Crippen LogP contribution in [-0.4, -0.2) is 39.9 Å². The predicted octanol–water partition coefficient (Wildman–Crippen LogP) is 1.78. The molecular formula is C11H21NO3. The molecule has 0 radical (unpaired) electrons. The van der Waals surface area contributed by atoms with Crippen LogP contribution in [0.15, 0.2) is 0 Å². The van der Waals surface area contributed by atoms with E-state index in [9.17, 15) is 9.90 Å². The number of rotatable bonds is 0. The average molecular weight is 215 g/mol. The van der Waals surface area contributed by atoms with Crippen LogP contribution in [-0.2, 0) is 0 Å². The monoisotopic (exact) mass is 215 g/mol. The number of β-amino-alcohol motifs (C(OH)–C–C–N with tert-alkyl or cyclic N) is 1. The molecule has 0 aromatic heterocycles. The number of aliphatic hydroxyl groups is 1. The predicted molar refractivity (Wildman–Crippen MR) is 57.8 cm³/mol. The van der Waals surface area contributed by atoms with Gasteiger partial charge in [-0.05, 0) is 5.41 Å². The highest BCUT2D eigenvalue weighted by molar-refractivity contribution is 5.66. The van der Waals surface area contributed by atoms with Crippen LogP contribution in [0.1, 0.15) is 34.6 Å². The minimum Gasteiger partial charge on any atom is -0.465 e. The summed E-state index contributed by atoms with van der Waals surface area (Å²) in [7, 11) is 0. The van der Waals surface area contributed by atoms with E-state index < -0.39 is 17.6 Å². The molecule has 15 heavy (non-hydrogen) atoms. The van der Waals surface area contributed by atoms with E-state index in [2.05, 4.69) is 0 Å². The first-order valence-corrected chi connectivity index (χ1v) is 5.26. The lowest BCUT2D eigenvalue weighted by molar-refractivity contribution is 0.0344. The normalized spacial score (nSPS) is 30.7. The quantitative estimate of drug-likeness (QED) is 0.647. The molecule has 1 rings (SSSR count). The van der Waals surface area contributed by atoms with E-state index in [0.29, 0.717) is 0 Å². The van der Waals surface area contributed by atoms with Crippen molar-refractivity contribution in [2.75, 3.05) is 6.54 Å². The van der Waals surface area contributed by atoms with Crippen molar-refractivity contribution in [2.45, 2.75) is 46.8 Å². The zero-order chi connectivity index (χ0) is 12.0. The van der Waals surface area contributed by atoms with Gasteiger partial charge in [0.25, 0.3) is 0 Å². The van der Waals surface area contributed by atoms with E-state index in [-0.39, 0.29) is 18.0 Å². The van der Waals surface area contributed by atoms with Gasteiger partial charge in [0, 0.05) is 11.5 Å². The minimum atomic E-state index is -0.945. The SMILES string of the molecule is CC(C)(C)C1N(C(=O)O)CC(O)C1(C)C. The molecule has 2 unspecified atom stereocenters. The second kappa shape index (κ2) is 3.37. The lowest BCUT2D eigenvalue weighted by Gasteiger charge is -2.41. The van der Waals surface area contributed by atoms with E-state index in [0.717, 1.165) is 0 Å². The van der Waals surface area contributed by atoms with Crippen LogP contribution < -0.4 is 0 Å². The third kappa shape index (κ3) is 1.95. The largest absolute Gasteiger partial charge is 0.465 e. The third-order valence-electron chi connectivity index (χ3n) is 3.31. The number of likely N-dealkylation sites (tertiary alicyclic amines) is 1. The number of nitrogens with zero attached hydrogens (tertiary/aromatic N) is 1. The van der Waals surface area contributed by atoms with Gasteiger partial charge in [-0.3, -0.25) is 0 Å². The van der Waals surface area contributed by atoms with E-state index in [1.807, 2.05) is 34.6 Å². The summed E-state index contributed by atoms with van der Waals surface area (Å²) in [4.78, 5) is 12.5.